The predicted molar refractivity (Wildman–Crippen MR) is 86.3 cm³/mol. The second kappa shape index (κ2) is 10.7. The van der Waals surface area contributed by atoms with Gasteiger partial charge in [-0.15, -0.1) is 6.58 Å². The first-order chi connectivity index (χ1) is 8.51. The highest BCUT2D eigenvalue weighted by atomic mass is 15.0. The standard InChI is InChI=1S/C16H34BN/c1-7-13-18(14-8-2)17(11-9-15(3)4)12-10-16(5)6/h7,15-16H,1,8-14H2,2-6H3. The Kier molecular flexibility index (Phi) is 10.5. The Morgan fingerprint density at radius 2 is 1.56 bits per heavy atom. The zero-order valence-corrected chi connectivity index (χ0v) is 13.4. The molecule has 0 rings (SSSR count). The molecular weight excluding hydrogens is 217 g/mol. The lowest BCUT2D eigenvalue weighted by molar-refractivity contribution is 0.456. The predicted octanol–water partition coefficient (Wildman–Crippen LogP) is 4.97. The van der Waals surface area contributed by atoms with Crippen molar-refractivity contribution in [1.82, 2.24) is 4.81 Å². The molecule has 0 heterocycles. The van der Waals surface area contributed by atoms with E-state index >= 15 is 0 Å². The van der Waals surface area contributed by atoms with Gasteiger partial charge < -0.3 is 4.81 Å². The van der Waals surface area contributed by atoms with Gasteiger partial charge in [0.2, 0.25) is 6.85 Å². The van der Waals surface area contributed by atoms with E-state index < -0.39 is 0 Å². The van der Waals surface area contributed by atoms with Gasteiger partial charge in [0.05, 0.1) is 0 Å². The first kappa shape index (κ1) is 17.8. The Labute approximate surface area is 116 Å². The van der Waals surface area contributed by atoms with Crippen molar-refractivity contribution in [3.8, 4) is 0 Å². The van der Waals surface area contributed by atoms with Gasteiger partial charge in [-0.05, 0) is 24.8 Å². The summed E-state index contributed by atoms with van der Waals surface area (Å²) in [4.78, 5) is 2.64. The molecule has 0 aromatic heterocycles. The van der Waals surface area contributed by atoms with Gasteiger partial charge in [-0.1, -0.05) is 66.2 Å². The zero-order chi connectivity index (χ0) is 14.0. The molecule has 0 unspecified atom stereocenters. The van der Waals surface area contributed by atoms with Crippen LogP contribution in [0.15, 0.2) is 12.7 Å². The fraction of sp³-hybridized carbons (Fsp3) is 0.875. The summed E-state index contributed by atoms with van der Waals surface area (Å²) in [5.74, 6) is 1.64. The maximum absolute atomic E-state index is 3.91. The van der Waals surface area contributed by atoms with Crippen LogP contribution in [0.2, 0.25) is 12.6 Å². The van der Waals surface area contributed by atoms with Crippen LogP contribution in [0, 0.1) is 11.8 Å². The summed E-state index contributed by atoms with van der Waals surface area (Å²) in [6.07, 6.45) is 8.69. The molecule has 0 saturated carbocycles. The molecule has 0 aliphatic carbocycles. The largest absolute Gasteiger partial charge is 0.339 e. The monoisotopic (exact) mass is 251 g/mol. The quantitative estimate of drug-likeness (QED) is 0.370. The Bertz CT molecular complexity index is 189. The molecule has 2 heteroatoms. The van der Waals surface area contributed by atoms with E-state index in [-0.39, 0.29) is 0 Å². The number of hydrogen-bond acceptors (Lipinski definition) is 1. The first-order valence-corrected chi connectivity index (χ1v) is 7.86. The average molecular weight is 251 g/mol. The number of nitrogens with zero attached hydrogens (tertiary/aromatic N) is 1. The topological polar surface area (TPSA) is 3.24 Å². The summed E-state index contributed by atoms with van der Waals surface area (Å²) in [5.41, 5.74) is 0. The van der Waals surface area contributed by atoms with E-state index in [0.29, 0.717) is 0 Å². The summed E-state index contributed by atoms with van der Waals surface area (Å²) in [7, 11) is 0. The van der Waals surface area contributed by atoms with Crippen LogP contribution >= 0.6 is 0 Å². The second-order valence-corrected chi connectivity index (χ2v) is 6.38. The van der Waals surface area contributed by atoms with Gasteiger partial charge >= 0.3 is 0 Å². The molecule has 106 valence electrons. The van der Waals surface area contributed by atoms with Crippen molar-refractivity contribution in [2.45, 2.75) is 66.5 Å². The van der Waals surface area contributed by atoms with Crippen LogP contribution < -0.4 is 0 Å². The minimum Gasteiger partial charge on any atom is -0.339 e. The summed E-state index contributed by atoms with van der Waals surface area (Å²) >= 11 is 0. The lowest BCUT2D eigenvalue weighted by atomic mass is 9.51. The minimum absolute atomic E-state index is 0.757. The van der Waals surface area contributed by atoms with E-state index in [0.717, 1.165) is 25.2 Å². The van der Waals surface area contributed by atoms with Gasteiger partial charge in [0, 0.05) is 6.54 Å². The SMILES string of the molecule is C=CCN(CCC)B(CCC(C)C)CCC(C)C. The molecule has 0 amide bonds. The third-order valence-electron chi connectivity index (χ3n) is 3.55. The molecule has 0 aromatic carbocycles. The fourth-order valence-corrected chi connectivity index (χ4v) is 2.44. The van der Waals surface area contributed by atoms with E-state index in [4.69, 9.17) is 0 Å². The molecule has 0 aliphatic heterocycles. The molecule has 0 aromatic rings. The van der Waals surface area contributed by atoms with E-state index in [9.17, 15) is 0 Å². The molecule has 0 saturated heterocycles. The van der Waals surface area contributed by atoms with Crippen molar-refractivity contribution in [2.75, 3.05) is 13.1 Å². The lowest BCUT2D eigenvalue weighted by Crippen LogP contribution is -2.40. The Morgan fingerprint density at radius 1 is 1.06 bits per heavy atom. The molecule has 0 aliphatic rings. The molecule has 0 bridgehead atoms. The maximum Gasteiger partial charge on any atom is 0.223 e. The van der Waals surface area contributed by atoms with Crippen molar-refractivity contribution in [3.63, 3.8) is 0 Å². The van der Waals surface area contributed by atoms with Crippen LogP contribution in [0.3, 0.4) is 0 Å². The van der Waals surface area contributed by atoms with Crippen molar-refractivity contribution in [2.24, 2.45) is 11.8 Å². The van der Waals surface area contributed by atoms with Crippen molar-refractivity contribution < 1.29 is 0 Å². The maximum atomic E-state index is 3.91. The average Bonchev–Trinajstić information content (AvgIpc) is 2.28. The van der Waals surface area contributed by atoms with Crippen molar-refractivity contribution >= 4 is 6.85 Å². The Balaban J connectivity index is 4.40. The van der Waals surface area contributed by atoms with Gasteiger partial charge in [-0.25, -0.2) is 0 Å². The highest BCUT2D eigenvalue weighted by molar-refractivity contribution is 6.55. The van der Waals surface area contributed by atoms with E-state index in [1.54, 1.807) is 0 Å². The highest BCUT2D eigenvalue weighted by Gasteiger charge is 2.21. The number of rotatable bonds is 11. The first-order valence-electron chi connectivity index (χ1n) is 7.86. The molecule has 0 fully saturated rings. The zero-order valence-electron chi connectivity index (χ0n) is 13.4. The van der Waals surface area contributed by atoms with E-state index in [2.05, 4.69) is 52.1 Å². The van der Waals surface area contributed by atoms with Gasteiger partial charge in [0.1, 0.15) is 0 Å². The van der Waals surface area contributed by atoms with Gasteiger partial charge in [-0.2, -0.15) is 0 Å². The van der Waals surface area contributed by atoms with Gasteiger partial charge in [-0.3, -0.25) is 0 Å². The van der Waals surface area contributed by atoms with Gasteiger partial charge in [0.25, 0.3) is 0 Å². The summed E-state index contributed by atoms with van der Waals surface area (Å²) in [6.45, 7) is 18.5. The van der Waals surface area contributed by atoms with Crippen molar-refractivity contribution in [1.29, 1.82) is 0 Å². The van der Waals surface area contributed by atoms with E-state index in [1.807, 2.05) is 0 Å². The minimum atomic E-state index is 0.757. The normalized spacial score (nSPS) is 11.6. The second-order valence-electron chi connectivity index (χ2n) is 6.38. The van der Waals surface area contributed by atoms with Crippen molar-refractivity contribution in [3.05, 3.63) is 12.7 Å². The van der Waals surface area contributed by atoms with Crippen LogP contribution in [0.1, 0.15) is 53.9 Å². The molecule has 0 N–H and O–H groups in total. The molecular formula is C16H34BN. The van der Waals surface area contributed by atoms with Crippen LogP contribution in [-0.2, 0) is 0 Å². The van der Waals surface area contributed by atoms with Gasteiger partial charge in [0.15, 0.2) is 0 Å². The third kappa shape index (κ3) is 8.80. The summed E-state index contributed by atoms with van der Waals surface area (Å²) < 4.78 is 0. The molecule has 1 nitrogen and oxygen atoms in total. The third-order valence-corrected chi connectivity index (χ3v) is 3.55. The molecule has 18 heavy (non-hydrogen) atoms. The van der Waals surface area contributed by atoms with Crippen LogP contribution in [0.5, 0.6) is 0 Å². The van der Waals surface area contributed by atoms with E-state index in [1.165, 1.54) is 38.4 Å². The summed E-state index contributed by atoms with van der Waals surface area (Å²) in [5, 5.41) is 0. The fourth-order valence-electron chi connectivity index (χ4n) is 2.44. The Morgan fingerprint density at radius 3 is 1.89 bits per heavy atom. The molecule has 0 spiro atoms. The smallest absolute Gasteiger partial charge is 0.223 e. The van der Waals surface area contributed by atoms with Crippen LogP contribution in [-0.4, -0.2) is 24.7 Å². The van der Waals surface area contributed by atoms with Crippen LogP contribution in [0.4, 0.5) is 0 Å². The highest BCUT2D eigenvalue weighted by Crippen LogP contribution is 2.18. The van der Waals surface area contributed by atoms with Crippen LogP contribution in [0.25, 0.3) is 0 Å². The number of hydrogen-bond donors (Lipinski definition) is 0. The lowest BCUT2D eigenvalue weighted by Gasteiger charge is -2.29. The Hall–Kier alpha value is -0.235. The molecule has 0 atom stereocenters. The molecule has 0 radical (unpaired) electrons. The summed E-state index contributed by atoms with van der Waals surface area (Å²) in [6, 6.07) is 0.